The topological polar surface area (TPSA) is 17.1 Å². The maximum Gasteiger partial charge on any atom is 0.162 e. The van der Waals surface area contributed by atoms with E-state index >= 15 is 0 Å². The molecule has 0 amide bonds. The predicted octanol–water partition coefficient (Wildman–Crippen LogP) is 4.63. The Labute approximate surface area is 106 Å². The summed E-state index contributed by atoms with van der Waals surface area (Å²) in [5.74, 6) is 0.196. The Morgan fingerprint density at radius 1 is 1.35 bits per heavy atom. The molecular weight excluding hydrogens is 239 g/mol. The average molecular weight is 255 g/mol. The van der Waals surface area contributed by atoms with E-state index in [1.807, 2.05) is 0 Å². The lowest BCUT2D eigenvalue weighted by Gasteiger charge is -2.07. The van der Waals surface area contributed by atoms with Crippen molar-refractivity contribution in [3.63, 3.8) is 0 Å². The quantitative estimate of drug-likeness (QED) is 0.716. The molecule has 1 aromatic carbocycles. The lowest BCUT2D eigenvalue weighted by atomic mass is 9.97. The minimum Gasteiger partial charge on any atom is -0.294 e. The summed E-state index contributed by atoms with van der Waals surface area (Å²) in [6.07, 6.45) is 6.50. The van der Waals surface area contributed by atoms with Gasteiger partial charge in [0.25, 0.3) is 0 Å². The monoisotopic (exact) mass is 254 g/mol. The summed E-state index contributed by atoms with van der Waals surface area (Å²) < 4.78 is 13.2. The fourth-order valence-corrected chi connectivity index (χ4v) is 2.57. The number of ketones is 1. The van der Waals surface area contributed by atoms with Gasteiger partial charge in [0, 0.05) is 12.0 Å². The summed E-state index contributed by atoms with van der Waals surface area (Å²) in [5, 5.41) is 0.0670. The molecule has 0 heterocycles. The van der Waals surface area contributed by atoms with Crippen LogP contribution in [-0.2, 0) is 0 Å². The van der Waals surface area contributed by atoms with Crippen LogP contribution in [0.2, 0.25) is 5.02 Å². The lowest BCUT2D eigenvalue weighted by Crippen LogP contribution is -2.03. The van der Waals surface area contributed by atoms with Crippen LogP contribution in [0.3, 0.4) is 0 Å². The number of rotatable bonds is 4. The largest absolute Gasteiger partial charge is 0.294 e. The smallest absolute Gasteiger partial charge is 0.162 e. The van der Waals surface area contributed by atoms with Gasteiger partial charge in [-0.15, -0.1) is 0 Å². The number of carbonyl (C=O) groups is 1. The fourth-order valence-electron chi connectivity index (χ4n) is 2.45. The van der Waals surface area contributed by atoms with Crippen molar-refractivity contribution in [3.8, 4) is 0 Å². The molecule has 1 aliphatic rings. The van der Waals surface area contributed by atoms with E-state index in [1.165, 1.54) is 37.8 Å². The van der Waals surface area contributed by atoms with Crippen LogP contribution in [0, 0.1) is 11.7 Å². The first-order chi connectivity index (χ1) is 8.16. The number of hydrogen-bond acceptors (Lipinski definition) is 1. The molecule has 3 heteroatoms. The van der Waals surface area contributed by atoms with Crippen LogP contribution in [-0.4, -0.2) is 5.78 Å². The van der Waals surface area contributed by atoms with Crippen LogP contribution < -0.4 is 0 Å². The molecule has 0 bridgehead atoms. The van der Waals surface area contributed by atoms with E-state index in [0.29, 0.717) is 17.9 Å². The zero-order chi connectivity index (χ0) is 12.3. The van der Waals surface area contributed by atoms with Gasteiger partial charge in [-0.25, -0.2) is 4.39 Å². The second kappa shape index (κ2) is 5.63. The fraction of sp³-hybridized carbons (Fsp3) is 0.500. The van der Waals surface area contributed by atoms with Gasteiger partial charge in [-0.2, -0.15) is 0 Å². The van der Waals surface area contributed by atoms with Gasteiger partial charge in [-0.05, 0) is 30.5 Å². The van der Waals surface area contributed by atoms with Crippen molar-refractivity contribution in [2.45, 2.75) is 38.5 Å². The van der Waals surface area contributed by atoms with Gasteiger partial charge in [0.2, 0.25) is 0 Å². The van der Waals surface area contributed by atoms with Crippen molar-refractivity contribution in [2.75, 3.05) is 0 Å². The molecule has 0 spiro atoms. The summed E-state index contributed by atoms with van der Waals surface area (Å²) in [5.41, 5.74) is 0.435. The van der Waals surface area contributed by atoms with Crippen molar-refractivity contribution in [3.05, 3.63) is 34.6 Å². The van der Waals surface area contributed by atoms with Crippen LogP contribution in [0.15, 0.2) is 18.2 Å². The van der Waals surface area contributed by atoms with Gasteiger partial charge >= 0.3 is 0 Å². The van der Waals surface area contributed by atoms with Crippen LogP contribution in [0.5, 0.6) is 0 Å². The number of Topliss-reactive ketones (excluding diaryl/α,β-unsaturated/α-hetero) is 1. The Kier molecular flexibility index (Phi) is 4.16. The predicted molar refractivity (Wildman–Crippen MR) is 66.9 cm³/mol. The summed E-state index contributed by atoms with van der Waals surface area (Å²) in [6.45, 7) is 0. The Bertz CT molecular complexity index is 411. The van der Waals surface area contributed by atoms with Gasteiger partial charge in [-0.1, -0.05) is 37.3 Å². The molecule has 1 aliphatic carbocycles. The molecule has 0 unspecified atom stereocenters. The highest BCUT2D eigenvalue weighted by Gasteiger charge is 2.17. The third kappa shape index (κ3) is 3.29. The molecule has 0 N–H and O–H groups in total. The van der Waals surface area contributed by atoms with E-state index in [-0.39, 0.29) is 10.8 Å². The molecule has 1 aromatic rings. The highest BCUT2D eigenvalue weighted by atomic mass is 35.5. The molecule has 0 saturated heterocycles. The summed E-state index contributed by atoms with van der Waals surface area (Å²) in [6, 6.07) is 4.28. The lowest BCUT2D eigenvalue weighted by molar-refractivity contribution is 0.0973. The minimum absolute atomic E-state index is 0.0208. The van der Waals surface area contributed by atoms with E-state index in [2.05, 4.69) is 0 Å². The normalized spacial score (nSPS) is 16.4. The van der Waals surface area contributed by atoms with Gasteiger partial charge < -0.3 is 0 Å². The van der Waals surface area contributed by atoms with E-state index in [0.717, 1.165) is 6.42 Å². The first-order valence-corrected chi connectivity index (χ1v) is 6.53. The van der Waals surface area contributed by atoms with E-state index < -0.39 is 5.82 Å². The first kappa shape index (κ1) is 12.6. The highest BCUT2D eigenvalue weighted by molar-refractivity contribution is 6.30. The standard InChI is InChI=1S/C14H16ClFO/c15-12-7-6-11(9-13(12)16)14(17)8-5-10-3-1-2-4-10/h6-7,9-10H,1-5,8H2. The maximum atomic E-state index is 13.2. The molecule has 1 nitrogen and oxygen atoms in total. The van der Waals surface area contributed by atoms with Crippen LogP contribution in [0.4, 0.5) is 4.39 Å². The number of halogens is 2. The molecule has 17 heavy (non-hydrogen) atoms. The third-order valence-corrected chi connectivity index (χ3v) is 3.80. The van der Waals surface area contributed by atoms with Crippen LogP contribution in [0.1, 0.15) is 48.9 Å². The molecular formula is C14H16ClFO. The second-order valence-electron chi connectivity index (χ2n) is 4.74. The zero-order valence-electron chi connectivity index (χ0n) is 9.72. The van der Waals surface area contributed by atoms with Gasteiger partial charge in [0.1, 0.15) is 5.82 Å². The zero-order valence-corrected chi connectivity index (χ0v) is 10.5. The van der Waals surface area contributed by atoms with Gasteiger partial charge in [0.05, 0.1) is 5.02 Å². The van der Waals surface area contributed by atoms with Gasteiger partial charge in [0.15, 0.2) is 5.78 Å². The molecule has 1 saturated carbocycles. The van der Waals surface area contributed by atoms with E-state index in [1.54, 1.807) is 6.07 Å². The Balaban J connectivity index is 1.92. The van der Waals surface area contributed by atoms with Crippen molar-refractivity contribution in [1.82, 2.24) is 0 Å². The number of benzene rings is 1. The van der Waals surface area contributed by atoms with Gasteiger partial charge in [-0.3, -0.25) is 4.79 Å². The van der Waals surface area contributed by atoms with E-state index in [4.69, 9.17) is 11.6 Å². The molecule has 0 atom stereocenters. The van der Waals surface area contributed by atoms with Crippen molar-refractivity contribution in [1.29, 1.82) is 0 Å². The molecule has 0 aliphatic heterocycles. The second-order valence-corrected chi connectivity index (χ2v) is 5.15. The third-order valence-electron chi connectivity index (χ3n) is 3.50. The van der Waals surface area contributed by atoms with Crippen molar-refractivity contribution >= 4 is 17.4 Å². The minimum atomic E-state index is -0.515. The maximum absolute atomic E-state index is 13.2. The molecule has 1 fully saturated rings. The SMILES string of the molecule is O=C(CCC1CCCC1)c1ccc(Cl)c(F)c1. The molecule has 0 aromatic heterocycles. The van der Waals surface area contributed by atoms with Crippen molar-refractivity contribution < 1.29 is 9.18 Å². The molecule has 92 valence electrons. The van der Waals surface area contributed by atoms with Crippen molar-refractivity contribution in [2.24, 2.45) is 5.92 Å². The Morgan fingerprint density at radius 2 is 2.06 bits per heavy atom. The summed E-state index contributed by atoms with van der Waals surface area (Å²) >= 11 is 5.58. The van der Waals surface area contributed by atoms with E-state index in [9.17, 15) is 9.18 Å². The first-order valence-electron chi connectivity index (χ1n) is 6.15. The summed E-state index contributed by atoms with van der Waals surface area (Å²) in [7, 11) is 0. The Morgan fingerprint density at radius 3 is 2.71 bits per heavy atom. The average Bonchev–Trinajstić information content (AvgIpc) is 2.82. The highest BCUT2D eigenvalue weighted by Crippen LogP contribution is 2.29. The summed E-state index contributed by atoms with van der Waals surface area (Å²) in [4.78, 5) is 11.9. The Hall–Kier alpha value is -0.890. The number of hydrogen-bond donors (Lipinski definition) is 0. The number of carbonyl (C=O) groups excluding carboxylic acids is 1. The molecule has 0 radical (unpaired) electrons. The van der Waals surface area contributed by atoms with Crippen LogP contribution in [0.25, 0.3) is 0 Å². The molecule has 2 rings (SSSR count). The van der Waals surface area contributed by atoms with Crippen LogP contribution >= 0.6 is 11.6 Å².